The quantitative estimate of drug-likeness (QED) is 0.181. The molecule has 2 aliphatic heterocycles. The van der Waals surface area contributed by atoms with Crippen LogP contribution in [0.2, 0.25) is 0 Å². The number of carbonyl (C=O) groups is 2. The van der Waals surface area contributed by atoms with Crippen LogP contribution in [0.3, 0.4) is 0 Å². The number of hydrogen-bond donors (Lipinski definition) is 0. The van der Waals surface area contributed by atoms with Crippen molar-refractivity contribution in [2.75, 3.05) is 33.6 Å². The van der Waals surface area contributed by atoms with Crippen molar-refractivity contribution in [1.82, 2.24) is 29.4 Å². The molecular weight excluding hydrogens is 640 g/mol. The Labute approximate surface area is 292 Å². The zero-order valence-corrected chi connectivity index (χ0v) is 29.9. The largest absolute Gasteiger partial charge is 0.467 e. The average Bonchev–Trinajstić information content (AvgIpc) is 3.72. The zero-order valence-electron chi connectivity index (χ0n) is 29.9. The van der Waals surface area contributed by atoms with E-state index >= 15 is 0 Å². The van der Waals surface area contributed by atoms with Crippen LogP contribution in [0.25, 0.3) is 39.0 Å². The molecule has 0 bridgehead atoms. The van der Waals surface area contributed by atoms with Crippen molar-refractivity contribution in [3.63, 3.8) is 0 Å². The Hall–Kier alpha value is -4.75. The summed E-state index contributed by atoms with van der Waals surface area (Å²) in [5.74, 6) is 0.535. The zero-order chi connectivity index (χ0) is 35.6. The van der Waals surface area contributed by atoms with Gasteiger partial charge in [-0.3, -0.25) is 4.57 Å². The van der Waals surface area contributed by atoms with E-state index in [0.717, 1.165) is 48.1 Å². The second-order valence-corrected chi connectivity index (χ2v) is 14.6. The lowest BCUT2D eigenvalue weighted by atomic mass is 10.0. The average molecular weight is 687 g/mol. The first-order valence-corrected chi connectivity index (χ1v) is 17.0. The number of amides is 1. The molecule has 0 spiro atoms. The van der Waals surface area contributed by atoms with Crippen molar-refractivity contribution in [2.24, 2.45) is 0 Å². The van der Waals surface area contributed by atoms with Crippen LogP contribution in [0.5, 0.6) is 5.75 Å². The van der Waals surface area contributed by atoms with Gasteiger partial charge in [-0.2, -0.15) is 5.10 Å². The molecule has 1 atom stereocenters. The number of nitrogens with zero attached hydrogens (tertiary/aromatic N) is 6. The molecule has 0 saturated carbocycles. The molecule has 1 unspecified atom stereocenters. The van der Waals surface area contributed by atoms with Crippen LogP contribution in [-0.2, 0) is 18.9 Å². The third-order valence-electron chi connectivity index (χ3n) is 8.32. The van der Waals surface area contributed by atoms with Crippen LogP contribution in [0.4, 0.5) is 9.59 Å². The summed E-state index contributed by atoms with van der Waals surface area (Å²) in [4.78, 5) is 27.9. The van der Waals surface area contributed by atoms with E-state index in [0.29, 0.717) is 47.6 Å². The molecule has 0 radical (unpaired) electrons. The fourth-order valence-corrected chi connectivity index (χ4v) is 5.98. The Morgan fingerprint density at radius 1 is 0.940 bits per heavy atom. The molecule has 266 valence electrons. The number of fused-ring (bicyclic) bond motifs is 1. The van der Waals surface area contributed by atoms with Gasteiger partial charge >= 0.3 is 12.2 Å². The molecule has 13 heteroatoms. The van der Waals surface area contributed by atoms with E-state index in [1.54, 1.807) is 18.2 Å². The summed E-state index contributed by atoms with van der Waals surface area (Å²) in [6.45, 7) is 12.6. The highest BCUT2D eigenvalue weighted by molar-refractivity contribution is 5.97. The topological polar surface area (TPSA) is 132 Å². The van der Waals surface area contributed by atoms with E-state index < -0.39 is 17.3 Å². The van der Waals surface area contributed by atoms with Crippen molar-refractivity contribution in [3.8, 4) is 28.1 Å². The molecule has 3 aromatic heterocycles. The Kier molecular flexibility index (Phi) is 9.99. The fourth-order valence-electron chi connectivity index (χ4n) is 5.98. The molecule has 1 saturated heterocycles. The summed E-state index contributed by atoms with van der Waals surface area (Å²) < 4.78 is 31.9. The number of rotatable bonds is 7. The molecule has 4 aromatic rings. The minimum Gasteiger partial charge on any atom is -0.467 e. The van der Waals surface area contributed by atoms with Gasteiger partial charge in [-0.25, -0.2) is 14.3 Å². The maximum atomic E-state index is 13.6. The van der Waals surface area contributed by atoms with Crippen LogP contribution < -0.4 is 4.74 Å². The molecule has 0 N–H and O–H groups in total. The van der Waals surface area contributed by atoms with E-state index in [4.69, 9.17) is 23.7 Å². The Morgan fingerprint density at radius 3 is 2.40 bits per heavy atom. The lowest BCUT2D eigenvalue weighted by molar-refractivity contribution is -0.0394. The van der Waals surface area contributed by atoms with Gasteiger partial charge in [0.25, 0.3) is 0 Å². The molecule has 1 fully saturated rings. The minimum atomic E-state index is -0.719. The van der Waals surface area contributed by atoms with Crippen LogP contribution in [-0.4, -0.2) is 86.4 Å². The van der Waals surface area contributed by atoms with Gasteiger partial charge in [0.1, 0.15) is 28.7 Å². The number of benzene rings is 1. The van der Waals surface area contributed by atoms with Gasteiger partial charge in [0, 0.05) is 55.9 Å². The van der Waals surface area contributed by atoms with E-state index in [9.17, 15) is 9.59 Å². The summed E-state index contributed by atoms with van der Waals surface area (Å²) >= 11 is 0. The monoisotopic (exact) mass is 686 g/mol. The standard InChI is InChI=1S/C37H46N6O7/c1-36(2,3)49-34(44)41-15-13-24(14-16-41)28-22-42(35(45)50-37(4,5)6)30-19-29(39-40-33(28)30)27-12-11-25(18-31(27)48-23-46-7)26-20-38-43(21-26)32-10-8-9-17-47-32/h11-13,18-22,32H,8-10,14-17,23H2,1-7H3. The van der Waals surface area contributed by atoms with Crippen molar-refractivity contribution in [3.05, 3.63) is 54.5 Å². The number of ether oxygens (including phenoxy) is 5. The molecule has 2 aliphatic rings. The molecule has 1 aromatic carbocycles. The van der Waals surface area contributed by atoms with Crippen LogP contribution in [0, 0.1) is 0 Å². The summed E-state index contributed by atoms with van der Waals surface area (Å²) in [5, 5.41) is 13.8. The van der Waals surface area contributed by atoms with Crippen LogP contribution in [0.1, 0.15) is 79.0 Å². The highest BCUT2D eigenvalue weighted by Gasteiger charge is 2.28. The van der Waals surface area contributed by atoms with Crippen LogP contribution >= 0.6 is 0 Å². The summed E-state index contributed by atoms with van der Waals surface area (Å²) in [6, 6.07) is 7.64. The molecule has 5 heterocycles. The molecule has 1 amide bonds. The van der Waals surface area contributed by atoms with Gasteiger partial charge in [0.2, 0.25) is 0 Å². The predicted molar refractivity (Wildman–Crippen MR) is 188 cm³/mol. The molecule has 13 nitrogen and oxygen atoms in total. The first kappa shape index (κ1) is 35.1. The van der Waals surface area contributed by atoms with Crippen molar-refractivity contribution in [2.45, 2.75) is 84.7 Å². The first-order valence-electron chi connectivity index (χ1n) is 17.0. The number of aromatic nitrogens is 5. The minimum absolute atomic E-state index is 0.0220. The highest BCUT2D eigenvalue weighted by Crippen LogP contribution is 2.37. The Bertz CT molecular complexity index is 1890. The normalized spacial score (nSPS) is 17.1. The maximum Gasteiger partial charge on any atom is 0.419 e. The van der Waals surface area contributed by atoms with Gasteiger partial charge in [0.15, 0.2) is 6.79 Å². The van der Waals surface area contributed by atoms with Crippen molar-refractivity contribution < 1.29 is 33.3 Å². The highest BCUT2D eigenvalue weighted by atomic mass is 16.7. The number of hydrogen-bond acceptors (Lipinski definition) is 10. The smallest absolute Gasteiger partial charge is 0.419 e. The predicted octanol–water partition coefficient (Wildman–Crippen LogP) is 7.45. The second-order valence-electron chi connectivity index (χ2n) is 14.6. The van der Waals surface area contributed by atoms with Gasteiger partial charge in [0.05, 0.1) is 17.4 Å². The van der Waals surface area contributed by atoms with E-state index in [1.165, 1.54) is 4.57 Å². The van der Waals surface area contributed by atoms with E-state index in [-0.39, 0.29) is 19.1 Å². The lowest BCUT2D eigenvalue weighted by Crippen LogP contribution is -2.39. The molecule has 50 heavy (non-hydrogen) atoms. The first-order chi connectivity index (χ1) is 23.8. The van der Waals surface area contributed by atoms with Crippen LogP contribution in [0.15, 0.2) is 48.9 Å². The molecule has 0 aliphatic carbocycles. The van der Waals surface area contributed by atoms with Gasteiger partial charge in [-0.15, -0.1) is 10.2 Å². The van der Waals surface area contributed by atoms with Gasteiger partial charge in [-0.1, -0.05) is 12.1 Å². The van der Waals surface area contributed by atoms with E-state index in [1.807, 2.05) is 89.0 Å². The van der Waals surface area contributed by atoms with Gasteiger partial charge < -0.3 is 28.6 Å². The van der Waals surface area contributed by atoms with Crippen molar-refractivity contribution >= 4 is 28.8 Å². The third kappa shape index (κ3) is 8.00. The van der Waals surface area contributed by atoms with Crippen molar-refractivity contribution in [1.29, 1.82) is 0 Å². The fraction of sp³-hybridized carbons (Fsp3) is 0.486. The third-order valence-corrected chi connectivity index (χ3v) is 8.32. The number of carbonyl (C=O) groups excluding carboxylic acids is 2. The second kappa shape index (κ2) is 14.2. The van der Waals surface area contributed by atoms with Gasteiger partial charge in [-0.05, 0) is 96.6 Å². The number of methoxy groups -OCH3 is 1. The summed E-state index contributed by atoms with van der Waals surface area (Å²) in [6.07, 6.45) is 10.2. The lowest BCUT2D eigenvalue weighted by Gasteiger charge is -2.29. The molecule has 6 rings (SSSR count). The summed E-state index contributed by atoms with van der Waals surface area (Å²) in [7, 11) is 1.56. The summed E-state index contributed by atoms with van der Waals surface area (Å²) in [5.41, 5.74) is 4.47. The Morgan fingerprint density at radius 2 is 1.72 bits per heavy atom. The molecular formula is C37H46N6O7. The maximum absolute atomic E-state index is 13.6. The SMILES string of the molecule is COCOc1cc(-c2cnn(C3CCCCO3)c2)ccc1-c1cc2c(nn1)c(C1=CCN(C(=O)OC(C)(C)C)CC1)cn2C(=O)OC(C)(C)C. The van der Waals surface area contributed by atoms with E-state index in [2.05, 4.69) is 15.3 Å². The Balaban J connectivity index is 1.36.